The summed E-state index contributed by atoms with van der Waals surface area (Å²) in [5, 5.41) is 0.894. The molecule has 0 N–H and O–H groups in total. The molecule has 0 saturated heterocycles. The number of benzene rings is 1. The molecule has 0 saturated carbocycles. The molecular weight excluding hydrogens is 230 g/mol. The summed E-state index contributed by atoms with van der Waals surface area (Å²) in [6.45, 7) is 1.06. The van der Waals surface area contributed by atoms with Crippen LogP contribution in [-0.4, -0.2) is 13.3 Å². The summed E-state index contributed by atoms with van der Waals surface area (Å²) < 4.78 is 10.6. The fraction of sp³-hybridized carbons (Fsp3) is 0.214. The fourth-order valence-corrected chi connectivity index (χ4v) is 2.22. The van der Waals surface area contributed by atoms with Crippen LogP contribution in [0.25, 0.3) is 11.0 Å². The van der Waals surface area contributed by atoms with E-state index < -0.39 is 0 Å². The number of para-hydroxylation sites is 1. The first-order chi connectivity index (χ1) is 8.81. The second kappa shape index (κ2) is 4.21. The Labute approximate surface area is 104 Å². The zero-order valence-electron chi connectivity index (χ0n) is 9.68. The maximum Gasteiger partial charge on any atom is 0.343 e. The van der Waals surface area contributed by atoms with E-state index in [0.29, 0.717) is 24.4 Å². The Hall–Kier alpha value is -2.25. The van der Waals surface area contributed by atoms with Crippen LogP contribution in [0.4, 0.5) is 5.69 Å². The predicted octanol–water partition coefficient (Wildman–Crippen LogP) is 1.72. The molecule has 1 aliphatic rings. The van der Waals surface area contributed by atoms with Crippen molar-refractivity contribution >= 4 is 16.7 Å². The lowest BCUT2D eigenvalue weighted by atomic mass is 10.1. The van der Waals surface area contributed by atoms with Crippen LogP contribution in [0.3, 0.4) is 0 Å². The standard InChI is InChI=1S/C14H11NO3/c1-2-7-15-9-17-8-11-13(15)10-5-3-4-6-12(10)18-14(11)16/h1,3-6H,7-9H2. The average molecular weight is 241 g/mol. The monoisotopic (exact) mass is 241 g/mol. The van der Waals surface area contributed by atoms with Crippen molar-refractivity contribution in [3.05, 3.63) is 40.2 Å². The topological polar surface area (TPSA) is 42.7 Å². The maximum atomic E-state index is 11.9. The Bertz CT molecular complexity index is 696. The van der Waals surface area contributed by atoms with Gasteiger partial charge in [0.1, 0.15) is 12.3 Å². The molecule has 2 heterocycles. The molecule has 4 heteroatoms. The van der Waals surface area contributed by atoms with Crippen molar-refractivity contribution in [1.29, 1.82) is 0 Å². The molecule has 0 fully saturated rings. The van der Waals surface area contributed by atoms with Crippen molar-refractivity contribution in [3.63, 3.8) is 0 Å². The number of anilines is 1. The van der Waals surface area contributed by atoms with Crippen molar-refractivity contribution in [2.45, 2.75) is 6.61 Å². The van der Waals surface area contributed by atoms with E-state index in [-0.39, 0.29) is 12.2 Å². The molecule has 0 radical (unpaired) electrons. The molecule has 2 aromatic rings. The lowest BCUT2D eigenvalue weighted by Crippen LogP contribution is -2.34. The van der Waals surface area contributed by atoms with E-state index in [2.05, 4.69) is 5.92 Å². The Balaban J connectivity index is 2.34. The van der Waals surface area contributed by atoms with Crippen LogP contribution in [0.15, 0.2) is 33.5 Å². The Morgan fingerprint density at radius 3 is 3.06 bits per heavy atom. The highest BCUT2D eigenvalue weighted by Crippen LogP contribution is 2.31. The van der Waals surface area contributed by atoms with Gasteiger partial charge in [0.2, 0.25) is 0 Å². The summed E-state index contributed by atoms with van der Waals surface area (Å²) in [6, 6.07) is 7.45. The largest absolute Gasteiger partial charge is 0.422 e. The van der Waals surface area contributed by atoms with Gasteiger partial charge in [0, 0.05) is 5.39 Å². The Kier molecular flexibility index (Phi) is 2.54. The summed E-state index contributed by atoms with van der Waals surface area (Å²) in [7, 11) is 0. The van der Waals surface area contributed by atoms with Gasteiger partial charge in [0.15, 0.2) is 0 Å². The molecule has 0 spiro atoms. The molecule has 0 bridgehead atoms. The number of ether oxygens (including phenoxy) is 1. The van der Waals surface area contributed by atoms with Gasteiger partial charge in [-0.15, -0.1) is 6.42 Å². The first-order valence-corrected chi connectivity index (χ1v) is 5.62. The molecule has 4 nitrogen and oxygen atoms in total. The van der Waals surface area contributed by atoms with Gasteiger partial charge in [-0.3, -0.25) is 0 Å². The third kappa shape index (κ3) is 1.57. The van der Waals surface area contributed by atoms with Crippen LogP contribution in [-0.2, 0) is 11.3 Å². The van der Waals surface area contributed by atoms with Gasteiger partial charge in [-0.05, 0) is 12.1 Å². The van der Waals surface area contributed by atoms with Crippen molar-refractivity contribution in [2.24, 2.45) is 0 Å². The lowest BCUT2D eigenvalue weighted by molar-refractivity contribution is 0.109. The second-order valence-corrected chi connectivity index (χ2v) is 4.09. The van der Waals surface area contributed by atoms with Crippen LogP contribution >= 0.6 is 0 Å². The minimum Gasteiger partial charge on any atom is -0.422 e. The molecule has 18 heavy (non-hydrogen) atoms. The molecule has 0 unspecified atom stereocenters. The fourth-order valence-electron chi connectivity index (χ4n) is 2.22. The van der Waals surface area contributed by atoms with Gasteiger partial charge in [-0.2, -0.15) is 0 Å². The minimum atomic E-state index is -0.356. The van der Waals surface area contributed by atoms with Gasteiger partial charge < -0.3 is 14.1 Å². The average Bonchev–Trinajstić information content (AvgIpc) is 2.40. The summed E-state index contributed by atoms with van der Waals surface area (Å²) in [6.07, 6.45) is 5.35. The number of hydrogen-bond acceptors (Lipinski definition) is 4. The predicted molar refractivity (Wildman–Crippen MR) is 68.3 cm³/mol. The summed E-state index contributed by atoms with van der Waals surface area (Å²) in [5.41, 5.74) is 1.59. The number of terminal acetylenes is 1. The second-order valence-electron chi connectivity index (χ2n) is 4.09. The number of rotatable bonds is 1. The molecule has 90 valence electrons. The van der Waals surface area contributed by atoms with Gasteiger partial charge in [0.05, 0.1) is 24.4 Å². The third-order valence-electron chi connectivity index (χ3n) is 2.97. The SMILES string of the molecule is C#CCN1COCc2c1c1ccccc1oc2=O. The maximum absolute atomic E-state index is 11.9. The zero-order chi connectivity index (χ0) is 12.5. The van der Waals surface area contributed by atoms with Crippen LogP contribution < -0.4 is 10.5 Å². The van der Waals surface area contributed by atoms with Crippen LogP contribution in [0.5, 0.6) is 0 Å². The van der Waals surface area contributed by atoms with E-state index >= 15 is 0 Å². The highest BCUT2D eigenvalue weighted by molar-refractivity contribution is 5.92. The smallest absolute Gasteiger partial charge is 0.343 e. The number of hydrogen-bond donors (Lipinski definition) is 0. The van der Waals surface area contributed by atoms with Gasteiger partial charge in [-0.25, -0.2) is 4.79 Å². The lowest BCUT2D eigenvalue weighted by Gasteiger charge is -2.29. The van der Waals surface area contributed by atoms with E-state index in [1.54, 1.807) is 6.07 Å². The minimum absolute atomic E-state index is 0.267. The summed E-state index contributed by atoms with van der Waals surface area (Å²) in [4.78, 5) is 13.8. The van der Waals surface area contributed by atoms with Crippen molar-refractivity contribution < 1.29 is 9.15 Å². The van der Waals surface area contributed by atoms with Gasteiger partial charge in [-0.1, -0.05) is 18.1 Å². The molecule has 1 aliphatic heterocycles. The molecule has 1 aromatic heterocycles. The third-order valence-corrected chi connectivity index (χ3v) is 2.97. The molecule has 3 rings (SSSR count). The highest BCUT2D eigenvalue weighted by Gasteiger charge is 2.23. The molecular formula is C14H11NO3. The van der Waals surface area contributed by atoms with Crippen molar-refractivity contribution in [2.75, 3.05) is 18.2 Å². The molecule has 0 atom stereocenters. The summed E-state index contributed by atoms with van der Waals surface area (Å²) >= 11 is 0. The summed E-state index contributed by atoms with van der Waals surface area (Å²) in [5.74, 6) is 2.58. The Morgan fingerprint density at radius 2 is 2.22 bits per heavy atom. The van der Waals surface area contributed by atoms with Crippen LogP contribution in [0.1, 0.15) is 5.56 Å². The van der Waals surface area contributed by atoms with Crippen LogP contribution in [0, 0.1) is 12.3 Å². The molecule has 0 aliphatic carbocycles. The quantitative estimate of drug-likeness (QED) is 0.563. The van der Waals surface area contributed by atoms with Gasteiger partial charge >= 0.3 is 5.63 Å². The van der Waals surface area contributed by atoms with E-state index in [4.69, 9.17) is 15.6 Å². The van der Waals surface area contributed by atoms with Gasteiger partial charge in [0.25, 0.3) is 0 Å². The number of fused-ring (bicyclic) bond motifs is 3. The Morgan fingerprint density at radius 1 is 1.39 bits per heavy atom. The first-order valence-electron chi connectivity index (χ1n) is 5.62. The van der Waals surface area contributed by atoms with Crippen molar-refractivity contribution in [1.82, 2.24) is 0 Å². The van der Waals surface area contributed by atoms with Crippen molar-refractivity contribution in [3.8, 4) is 12.3 Å². The van der Waals surface area contributed by atoms with Crippen LogP contribution in [0.2, 0.25) is 0 Å². The van der Waals surface area contributed by atoms with E-state index in [9.17, 15) is 4.79 Å². The normalized spacial score (nSPS) is 14.3. The number of nitrogens with zero attached hydrogens (tertiary/aromatic N) is 1. The molecule has 0 amide bonds. The highest BCUT2D eigenvalue weighted by atomic mass is 16.5. The van der Waals surface area contributed by atoms with E-state index in [1.807, 2.05) is 23.1 Å². The molecule has 1 aromatic carbocycles. The first kappa shape index (κ1) is 10.9. The zero-order valence-corrected chi connectivity index (χ0v) is 9.68. The van der Waals surface area contributed by atoms with E-state index in [1.165, 1.54) is 0 Å². The van der Waals surface area contributed by atoms with E-state index in [0.717, 1.165) is 11.1 Å².